The highest BCUT2D eigenvalue weighted by Crippen LogP contribution is 2.13. The molecule has 0 rings (SSSR count). The molecule has 0 saturated carbocycles. The molecule has 8 heteroatoms. The van der Waals surface area contributed by atoms with Gasteiger partial charge in [-0.15, -0.1) is 0 Å². The van der Waals surface area contributed by atoms with Crippen molar-refractivity contribution in [3.63, 3.8) is 0 Å². The summed E-state index contributed by atoms with van der Waals surface area (Å²) in [7, 11) is -0.492. The molecule has 7 nitrogen and oxygen atoms in total. The molecule has 0 bridgehead atoms. The van der Waals surface area contributed by atoms with Crippen LogP contribution in [-0.4, -0.2) is 37.8 Å². The van der Waals surface area contributed by atoms with Crippen LogP contribution in [-0.2, 0) is 28.2 Å². The number of carbonyl (C=O) groups excluding carboxylic acids is 2. The van der Waals surface area contributed by atoms with Crippen LogP contribution in [0.2, 0.25) is 0 Å². The normalized spacial score (nSPS) is 12.1. The number of carbonyl (C=O) groups is 2. The van der Waals surface area contributed by atoms with Crippen LogP contribution in [0.5, 0.6) is 0 Å². The third kappa shape index (κ3) is 24.1. The number of rotatable bonds is 26. The quantitative estimate of drug-likeness (QED) is 0.0765. The molecule has 0 aliphatic heterocycles. The number of nitrogens with two attached hydrogens (primary N) is 1. The smallest absolute Gasteiger partial charge is 0.327 e. The van der Waals surface area contributed by atoms with Gasteiger partial charge < -0.3 is 15.2 Å². The van der Waals surface area contributed by atoms with E-state index in [0.29, 0.717) is 19.4 Å². The molecule has 2 N–H and O–H groups in total. The highest BCUT2D eigenvalue weighted by atomic mass is 31.1. The van der Waals surface area contributed by atoms with Gasteiger partial charge in [0.05, 0.1) is 0 Å². The number of hydrogen-bond acceptors (Lipinski definition) is 7. The molecule has 1 atom stereocenters. The largest absolute Gasteiger partial charge is 0.462 e. The van der Waals surface area contributed by atoms with Crippen LogP contribution in [0.4, 0.5) is 0 Å². The van der Waals surface area contributed by atoms with E-state index in [0.717, 1.165) is 51.4 Å². The highest BCUT2D eigenvalue weighted by molar-refractivity contribution is 7.17. The van der Waals surface area contributed by atoms with E-state index in [2.05, 4.69) is 6.92 Å². The molecule has 0 heterocycles. The molecule has 0 amide bonds. The zero-order valence-corrected chi connectivity index (χ0v) is 22.5. The molecular formula is C26H50NO6P. The second kappa shape index (κ2) is 26.6. The predicted molar refractivity (Wildman–Crippen MR) is 137 cm³/mol. The van der Waals surface area contributed by atoms with Gasteiger partial charge in [-0.2, -0.15) is 0 Å². The van der Waals surface area contributed by atoms with Crippen LogP contribution in [0.1, 0.15) is 129 Å². The number of ether oxygens (including phenoxy) is 2. The van der Waals surface area contributed by atoms with E-state index in [-0.39, 0.29) is 25.2 Å². The van der Waals surface area contributed by atoms with Crippen molar-refractivity contribution in [1.29, 1.82) is 0 Å². The van der Waals surface area contributed by atoms with Crippen molar-refractivity contribution in [2.45, 2.75) is 135 Å². The third-order valence-electron chi connectivity index (χ3n) is 5.86. The van der Waals surface area contributed by atoms with Gasteiger partial charge in [-0.1, -0.05) is 96.8 Å². The minimum Gasteiger partial charge on any atom is -0.462 e. The van der Waals surface area contributed by atoms with E-state index in [4.69, 9.17) is 19.7 Å². The number of esters is 2. The van der Waals surface area contributed by atoms with Gasteiger partial charge in [0.15, 0.2) is 6.10 Å². The molecule has 0 fully saturated rings. The Labute approximate surface area is 209 Å². The van der Waals surface area contributed by atoms with Crippen molar-refractivity contribution in [3.05, 3.63) is 0 Å². The third-order valence-corrected chi connectivity index (χ3v) is 6.12. The first-order chi connectivity index (χ1) is 16.6. The fourth-order valence-corrected chi connectivity index (χ4v) is 4.01. The molecule has 200 valence electrons. The Kier molecular flexibility index (Phi) is 25.8. The zero-order chi connectivity index (χ0) is 25.1. The SMILES string of the molecule is CCCCCCCCCCCCCCC(=O)O[C@@H](COP=O)COC(=O)CCCCCCCN. The Morgan fingerprint density at radius 1 is 0.676 bits per heavy atom. The molecular weight excluding hydrogens is 453 g/mol. The van der Waals surface area contributed by atoms with Gasteiger partial charge in [-0.3, -0.25) is 14.1 Å². The van der Waals surface area contributed by atoms with Crippen molar-refractivity contribution in [1.82, 2.24) is 0 Å². The summed E-state index contributed by atoms with van der Waals surface area (Å²) in [5.74, 6) is -0.653. The monoisotopic (exact) mass is 503 g/mol. The van der Waals surface area contributed by atoms with Crippen molar-refractivity contribution in [2.75, 3.05) is 19.8 Å². The minimum absolute atomic E-state index is 0.0678. The second-order valence-electron chi connectivity index (χ2n) is 9.11. The zero-order valence-electron chi connectivity index (χ0n) is 21.6. The van der Waals surface area contributed by atoms with Crippen molar-refractivity contribution >= 4 is 20.6 Å². The van der Waals surface area contributed by atoms with E-state index in [1.165, 1.54) is 57.8 Å². The van der Waals surface area contributed by atoms with Crippen LogP contribution < -0.4 is 5.73 Å². The fraction of sp³-hybridized carbons (Fsp3) is 0.923. The maximum atomic E-state index is 12.1. The lowest BCUT2D eigenvalue weighted by Crippen LogP contribution is -2.28. The Balaban J connectivity index is 3.81. The first kappa shape index (κ1) is 33.0. The van der Waals surface area contributed by atoms with Gasteiger partial charge in [0.25, 0.3) is 0 Å². The van der Waals surface area contributed by atoms with Crippen LogP contribution in [0.15, 0.2) is 0 Å². The summed E-state index contributed by atoms with van der Waals surface area (Å²) in [4.78, 5) is 24.0. The molecule has 0 aliphatic rings. The molecule has 0 spiro atoms. The Bertz CT molecular complexity index is 492. The molecule has 0 aromatic rings. The van der Waals surface area contributed by atoms with E-state index >= 15 is 0 Å². The summed E-state index contributed by atoms with van der Waals surface area (Å²) in [6.07, 6.45) is 19.6. The van der Waals surface area contributed by atoms with E-state index in [9.17, 15) is 14.2 Å². The number of hydrogen-bond donors (Lipinski definition) is 1. The summed E-state index contributed by atoms with van der Waals surface area (Å²) in [6.45, 7) is 2.80. The van der Waals surface area contributed by atoms with Gasteiger partial charge in [0.2, 0.25) is 0 Å². The molecule has 0 aromatic carbocycles. The molecule has 0 aliphatic carbocycles. The van der Waals surface area contributed by atoms with Gasteiger partial charge in [0.1, 0.15) is 13.2 Å². The first-order valence-corrected chi connectivity index (χ1v) is 14.4. The summed E-state index contributed by atoms with van der Waals surface area (Å²) in [5, 5.41) is 0. The molecule has 0 radical (unpaired) electrons. The van der Waals surface area contributed by atoms with Gasteiger partial charge in [0, 0.05) is 12.8 Å². The van der Waals surface area contributed by atoms with Crippen LogP contribution >= 0.6 is 8.69 Å². The maximum absolute atomic E-state index is 12.1. The Hall–Kier alpha value is -1.04. The topological polar surface area (TPSA) is 105 Å². The first-order valence-electron chi connectivity index (χ1n) is 13.6. The standard InChI is InChI=1S/C26H50NO6P/c1-2-3-4-5-6-7-8-9-10-11-13-17-20-26(29)33-24(23-32-34-30)22-31-25(28)19-16-14-12-15-18-21-27/h24H,2-23,27H2,1H3/t24-/m1/s1. The van der Waals surface area contributed by atoms with E-state index < -0.39 is 14.8 Å². The highest BCUT2D eigenvalue weighted by Gasteiger charge is 2.17. The van der Waals surface area contributed by atoms with Gasteiger partial charge >= 0.3 is 20.6 Å². The Morgan fingerprint density at radius 2 is 1.15 bits per heavy atom. The summed E-state index contributed by atoms with van der Waals surface area (Å²) in [6, 6.07) is 0. The summed E-state index contributed by atoms with van der Waals surface area (Å²) < 4.78 is 26.0. The number of unbranched alkanes of at least 4 members (excludes halogenated alkanes) is 15. The predicted octanol–water partition coefficient (Wildman–Crippen LogP) is 7.06. The Morgan fingerprint density at radius 3 is 1.65 bits per heavy atom. The lowest BCUT2D eigenvalue weighted by molar-refractivity contribution is -0.160. The van der Waals surface area contributed by atoms with Gasteiger partial charge in [-0.25, -0.2) is 4.57 Å². The van der Waals surface area contributed by atoms with E-state index in [1.807, 2.05) is 0 Å². The van der Waals surface area contributed by atoms with Crippen LogP contribution in [0, 0.1) is 0 Å². The summed E-state index contributed by atoms with van der Waals surface area (Å²) in [5.41, 5.74) is 5.46. The van der Waals surface area contributed by atoms with Gasteiger partial charge in [-0.05, 0) is 25.8 Å². The fourth-order valence-electron chi connectivity index (χ4n) is 3.79. The maximum Gasteiger partial charge on any atom is 0.327 e. The van der Waals surface area contributed by atoms with Crippen molar-refractivity contribution in [2.24, 2.45) is 5.73 Å². The second-order valence-corrected chi connectivity index (χ2v) is 9.52. The van der Waals surface area contributed by atoms with Crippen LogP contribution in [0.25, 0.3) is 0 Å². The average molecular weight is 504 g/mol. The molecule has 0 saturated heterocycles. The average Bonchev–Trinajstić information content (AvgIpc) is 2.83. The molecule has 0 unspecified atom stereocenters. The van der Waals surface area contributed by atoms with Crippen LogP contribution in [0.3, 0.4) is 0 Å². The lowest BCUT2D eigenvalue weighted by atomic mass is 10.0. The van der Waals surface area contributed by atoms with Crippen molar-refractivity contribution in [3.8, 4) is 0 Å². The molecule has 0 aromatic heterocycles. The molecule has 34 heavy (non-hydrogen) atoms. The summed E-state index contributed by atoms with van der Waals surface area (Å²) >= 11 is 0. The van der Waals surface area contributed by atoms with E-state index in [1.54, 1.807) is 0 Å². The minimum atomic E-state index is -0.736. The van der Waals surface area contributed by atoms with Crippen molar-refractivity contribution < 1.29 is 28.2 Å². The lowest BCUT2D eigenvalue weighted by Gasteiger charge is -2.16.